The van der Waals surface area contributed by atoms with Crippen LogP contribution in [0.3, 0.4) is 0 Å². The molecule has 1 heterocycles. The second-order valence-corrected chi connectivity index (χ2v) is 4.27. The van der Waals surface area contributed by atoms with E-state index in [9.17, 15) is 4.79 Å². The van der Waals surface area contributed by atoms with E-state index in [-0.39, 0.29) is 11.8 Å². The van der Waals surface area contributed by atoms with Crippen LogP contribution in [0, 0.1) is 5.92 Å². The van der Waals surface area contributed by atoms with Gasteiger partial charge in [0, 0.05) is 13.5 Å². The summed E-state index contributed by atoms with van der Waals surface area (Å²) in [5.74, 6) is -0.245. The lowest BCUT2D eigenvalue weighted by molar-refractivity contribution is -0.142. The van der Waals surface area contributed by atoms with Crippen LogP contribution < -0.4 is 0 Å². The Kier molecular flexibility index (Phi) is 3.73. The van der Waals surface area contributed by atoms with Gasteiger partial charge in [0.25, 0.3) is 0 Å². The number of hydrogen-bond donors (Lipinski definition) is 1. The first kappa shape index (κ1) is 12.0. The molecule has 1 saturated carbocycles. The Hall–Kier alpha value is -1.43. The van der Waals surface area contributed by atoms with Gasteiger partial charge in [0.2, 0.25) is 5.89 Å². The van der Waals surface area contributed by atoms with Crippen molar-refractivity contribution in [1.29, 1.82) is 0 Å². The summed E-state index contributed by atoms with van der Waals surface area (Å²) in [6.45, 7) is 0.534. The predicted octanol–water partition coefficient (Wildman–Crippen LogP) is 1.23. The molecule has 1 N–H and O–H groups in total. The van der Waals surface area contributed by atoms with E-state index in [2.05, 4.69) is 10.1 Å². The highest BCUT2D eigenvalue weighted by Gasteiger charge is 2.37. The zero-order valence-electron chi connectivity index (χ0n) is 9.76. The quantitative estimate of drug-likeness (QED) is 0.833. The molecule has 1 aromatic heterocycles. The summed E-state index contributed by atoms with van der Waals surface area (Å²) in [4.78, 5) is 15.3. The minimum absolute atomic E-state index is 0.128. The number of carboxylic acids is 1. The van der Waals surface area contributed by atoms with Crippen LogP contribution in [0.2, 0.25) is 0 Å². The second-order valence-electron chi connectivity index (χ2n) is 4.27. The fourth-order valence-electron chi connectivity index (χ4n) is 2.26. The molecule has 0 bridgehead atoms. The highest BCUT2D eigenvalue weighted by Crippen LogP contribution is 2.38. The fourth-order valence-corrected chi connectivity index (χ4v) is 2.26. The maximum absolute atomic E-state index is 11.1. The molecule has 6 nitrogen and oxygen atoms in total. The first-order chi connectivity index (χ1) is 8.22. The lowest BCUT2D eigenvalue weighted by Crippen LogP contribution is -2.17. The van der Waals surface area contributed by atoms with Crippen molar-refractivity contribution >= 4 is 5.97 Å². The Labute approximate surface area is 99.0 Å². The van der Waals surface area contributed by atoms with E-state index in [1.807, 2.05) is 0 Å². The van der Waals surface area contributed by atoms with Gasteiger partial charge in [0.05, 0.1) is 18.4 Å². The molecule has 1 fully saturated rings. The van der Waals surface area contributed by atoms with Crippen molar-refractivity contribution in [2.24, 2.45) is 5.92 Å². The Morgan fingerprint density at radius 1 is 1.59 bits per heavy atom. The summed E-state index contributed by atoms with van der Waals surface area (Å²) in [5, 5.41) is 12.9. The SMILES string of the molecule is COCCc1noc(C2CCCC2C(=O)O)n1. The molecule has 0 aromatic carbocycles. The summed E-state index contributed by atoms with van der Waals surface area (Å²) in [7, 11) is 1.61. The molecule has 1 aliphatic rings. The highest BCUT2D eigenvalue weighted by molar-refractivity contribution is 5.71. The molecule has 0 amide bonds. The lowest BCUT2D eigenvalue weighted by Gasteiger charge is -2.09. The maximum atomic E-state index is 11.1. The molecule has 2 unspecified atom stereocenters. The number of nitrogens with zero attached hydrogens (tertiary/aromatic N) is 2. The van der Waals surface area contributed by atoms with Crippen LogP contribution in [0.25, 0.3) is 0 Å². The molecule has 1 aliphatic carbocycles. The molecule has 2 atom stereocenters. The molecule has 94 valence electrons. The van der Waals surface area contributed by atoms with Crippen molar-refractivity contribution in [3.05, 3.63) is 11.7 Å². The number of hydrogen-bond acceptors (Lipinski definition) is 5. The van der Waals surface area contributed by atoms with E-state index in [0.717, 1.165) is 12.8 Å². The number of carbonyl (C=O) groups is 1. The van der Waals surface area contributed by atoms with E-state index in [1.54, 1.807) is 7.11 Å². The van der Waals surface area contributed by atoms with Gasteiger partial charge >= 0.3 is 5.97 Å². The van der Waals surface area contributed by atoms with Crippen LogP contribution in [0.15, 0.2) is 4.52 Å². The van der Waals surface area contributed by atoms with Crippen LogP contribution >= 0.6 is 0 Å². The van der Waals surface area contributed by atoms with Crippen LogP contribution in [0.5, 0.6) is 0 Å². The molecule has 0 spiro atoms. The summed E-state index contributed by atoms with van der Waals surface area (Å²) in [6, 6.07) is 0. The number of rotatable bonds is 5. The number of aliphatic carboxylic acids is 1. The third-order valence-corrected chi connectivity index (χ3v) is 3.16. The van der Waals surface area contributed by atoms with E-state index in [4.69, 9.17) is 14.4 Å². The van der Waals surface area contributed by atoms with E-state index < -0.39 is 5.97 Å². The van der Waals surface area contributed by atoms with Crippen molar-refractivity contribution in [1.82, 2.24) is 10.1 Å². The van der Waals surface area contributed by atoms with Crippen LogP contribution in [-0.4, -0.2) is 34.9 Å². The smallest absolute Gasteiger partial charge is 0.307 e. The highest BCUT2D eigenvalue weighted by atomic mass is 16.5. The van der Waals surface area contributed by atoms with Crippen LogP contribution in [0.4, 0.5) is 0 Å². The average Bonchev–Trinajstić information content (AvgIpc) is 2.94. The normalized spacial score (nSPS) is 24.1. The monoisotopic (exact) mass is 240 g/mol. The maximum Gasteiger partial charge on any atom is 0.307 e. The van der Waals surface area contributed by atoms with Gasteiger partial charge in [-0.05, 0) is 12.8 Å². The summed E-state index contributed by atoms with van der Waals surface area (Å²) >= 11 is 0. The lowest BCUT2D eigenvalue weighted by atomic mass is 9.96. The molecule has 1 aromatic rings. The van der Waals surface area contributed by atoms with Crippen molar-refractivity contribution in [2.75, 3.05) is 13.7 Å². The summed E-state index contributed by atoms with van der Waals surface area (Å²) in [6.07, 6.45) is 2.99. The van der Waals surface area contributed by atoms with Gasteiger partial charge in [-0.1, -0.05) is 11.6 Å². The topological polar surface area (TPSA) is 85.5 Å². The molecular weight excluding hydrogens is 224 g/mol. The number of ether oxygens (including phenoxy) is 1. The minimum Gasteiger partial charge on any atom is -0.481 e. The third-order valence-electron chi connectivity index (χ3n) is 3.16. The molecular formula is C11H16N2O4. The van der Waals surface area contributed by atoms with Crippen LogP contribution in [0.1, 0.15) is 36.9 Å². The molecule has 2 rings (SSSR count). The molecule has 17 heavy (non-hydrogen) atoms. The summed E-state index contributed by atoms with van der Waals surface area (Å²) in [5.41, 5.74) is 0. The molecule has 0 radical (unpaired) electrons. The van der Waals surface area contributed by atoms with E-state index in [0.29, 0.717) is 31.2 Å². The zero-order chi connectivity index (χ0) is 12.3. The van der Waals surface area contributed by atoms with Gasteiger partial charge in [0.1, 0.15) is 0 Å². The molecule has 6 heteroatoms. The standard InChI is InChI=1S/C11H16N2O4/c1-16-6-5-9-12-10(17-13-9)7-3-2-4-8(7)11(14)15/h7-8H,2-6H2,1H3,(H,14,15). The Bertz CT molecular complexity index is 391. The van der Waals surface area contributed by atoms with E-state index in [1.165, 1.54) is 0 Å². The van der Waals surface area contributed by atoms with E-state index >= 15 is 0 Å². The number of methoxy groups -OCH3 is 1. The minimum atomic E-state index is -0.774. The Morgan fingerprint density at radius 3 is 3.12 bits per heavy atom. The number of aromatic nitrogens is 2. The second kappa shape index (κ2) is 5.27. The van der Waals surface area contributed by atoms with Gasteiger partial charge in [-0.15, -0.1) is 0 Å². The Morgan fingerprint density at radius 2 is 2.41 bits per heavy atom. The van der Waals surface area contributed by atoms with Crippen molar-refractivity contribution in [3.63, 3.8) is 0 Å². The average molecular weight is 240 g/mol. The molecule has 0 aliphatic heterocycles. The van der Waals surface area contributed by atoms with Crippen molar-refractivity contribution in [3.8, 4) is 0 Å². The number of carboxylic acid groups (broad SMARTS) is 1. The Balaban J connectivity index is 2.06. The van der Waals surface area contributed by atoms with Gasteiger partial charge in [-0.25, -0.2) is 0 Å². The van der Waals surface area contributed by atoms with Crippen molar-refractivity contribution in [2.45, 2.75) is 31.6 Å². The van der Waals surface area contributed by atoms with Crippen LogP contribution in [-0.2, 0) is 16.0 Å². The predicted molar refractivity (Wildman–Crippen MR) is 57.6 cm³/mol. The third kappa shape index (κ3) is 2.63. The largest absolute Gasteiger partial charge is 0.481 e. The first-order valence-corrected chi connectivity index (χ1v) is 5.76. The van der Waals surface area contributed by atoms with Gasteiger partial charge in [-0.3, -0.25) is 4.79 Å². The first-order valence-electron chi connectivity index (χ1n) is 5.76. The van der Waals surface area contributed by atoms with Gasteiger partial charge in [-0.2, -0.15) is 4.98 Å². The summed E-state index contributed by atoms with van der Waals surface area (Å²) < 4.78 is 10.1. The zero-order valence-corrected chi connectivity index (χ0v) is 9.76. The molecule has 0 saturated heterocycles. The fraction of sp³-hybridized carbons (Fsp3) is 0.727. The van der Waals surface area contributed by atoms with Gasteiger partial charge in [0.15, 0.2) is 5.82 Å². The van der Waals surface area contributed by atoms with Crippen molar-refractivity contribution < 1.29 is 19.2 Å². The van der Waals surface area contributed by atoms with Gasteiger partial charge < -0.3 is 14.4 Å².